The molecule has 14 heavy (non-hydrogen) atoms. The van der Waals surface area contributed by atoms with Crippen LogP contribution in [0.15, 0.2) is 0 Å². The molecule has 1 aliphatic heterocycles. The summed E-state index contributed by atoms with van der Waals surface area (Å²) in [6.45, 7) is 4.82. The highest BCUT2D eigenvalue weighted by molar-refractivity contribution is 5.97. The summed E-state index contributed by atoms with van der Waals surface area (Å²) in [4.78, 5) is 26.3. The Kier molecular flexibility index (Phi) is 3.88. The summed E-state index contributed by atoms with van der Waals surface area (Å²) >= 11 is 0. The molecule has 5 nitrogen and oxygen atoms in total. The van der Waals surface area contributed by atoms with Gasteiger partial charge >= 0.3 is 0 Å². The fourth-order valence-electron chi connectivity index (χ4n) is 1.57. The fraction of sp³-hybridized carbons (Fsp3) is 0.778. The van der Waals surface area contributed by atoms with Crippen LogP contribution in [-0.2, 0) is 9.59 Å². The second-order valence-electron chi connectivity index (χ2n) is 3.32. The molecule has 0 spiro atoms. The Bertz CT molecular complexity index is 230. The Balaban J connectivity index is 2.61. The lowest BCUT2D eigenvalue weighted by molar-refractivity contribution is -0.137. The zero-order valence-electron chi connectivity index (χ0n) is 8.53. The van der Waals surface area contributed by atoms with Crippen LogP contribution < -0.4 is 5.73 Å². The molecule has 1 fully saturated rings. The molecular weight excluding hydrogens is 182 g/mol. The van der Waals surface area contributed by atoms with Crippen LogP contribution in [0.1, 0.15) is 13.3 Å². The van der Waals surface area contributed by atoms with Crippen molar-refractivity contribution in [2.45, 2.75) is 13.3 Å². The van der Waals surface area contributed by atoms with Crippen LogP contribution in [0.3, 0.4) is 0 Å². The molecule has 0 aliphatic carbocycles. The third kappa shape index (κ3) is 2.45. The number of carbonyl (C=O) groups excluding carboxylic acids is 2. The molecule has 0 aromatic rings. The van der Waals surface area contributed by atoms with Gasteiger partial charge in [-0.15, -0.1) is 0 Å². The Morgan fingerprint density at radius 2 is 1.79 bits per heavy atom. The molecule has 1 aliphatic rings. The summed E-state index contributed by atoms with van der Waals surface area (Å²) in [5.74, 6) is -0.173. The summed E-state index contributed by atoms with van der Waals surface area (Å²) < 4.78 is 0. The summed E-state index contributed by atoms with van der Waals surface area (Å²) in [7, 11) is 0. The molecule has 1 heterocycles. The molecule has 0 aromatic heterocycles. The minimum absolute atomic E-state index is 0.00611. The SMILES string of the molecule is CCN1CCN(CCN)C(=O)CC1=O. The highest BCUT2D eigenvalue weighted by Gasteiger charge is 2.24. The first-order valence-corrected chi connectivity index (χ1v) is 4.94. The van der Waals surface area contributed by atoms with E-state index < -0.39 is 0 Å². The topological polar surface area (TPSA) is 66.6 Å². The Morgan fingerprint density at radius 1 is 1.21 bits per heavy atom. The maximum atomic E-state index is 11.5. The Hall–Kier alpha value is -1.10. The zero-order valence-corrected chi connectivity index (χ0v) is 8.53. The number of rotatable bonds is 3. The summed E-state index contributed by atoms with van der Waals surface area (Å²) in [6.07, 6.45) is -0.00611. The molecule has 80 valence electrons. The van der Waals surface area contributed by atoms with E-state index in [0.29, 0.717) is 32.7 Å². The van der Waals surface area contributed by atoms with Gasteiger partial charge < -0.3 is 15.5 Å². The first-order chi connectivity index (χ1) is 6.69. The molecule has 1 saturated heterocycles. The lowest BCUT2D eigenvalue weighted by atomic mass is 10.3. The van der Waals surface area contributed by atoms with Crippen molar-refractivity contribution in [3.8, 4) is 0 Å². The maximum absolute atomic E-state index is 11.5. The van der Waals surface area contributed by atoms with Gasteiger partial charge in [-0.1, -0.05) is 0 Å². The van der Waals surface area contributed by atoms with Crippen LogP contribution in [0.25, 0.3) is 0 Å². The van der Waals surface area contributed by atoms with Crippen molar-refractivity contribution < 1.29 is 9.59 Å². The Morgan fingerprint density at radius 3 is 2.36 bits per heavy atom. The highest BCUT2D eigenvalue weighted by Crippen LogP contribution is 2.05. The van der Waals surface area contributed by atoms with Crippen molar-refractivity contribution >= 4 is 11.8 Å². The van der Waals surface area contributed by atoms with Crippen molar-refractivity contribution in [1.82, 2.24) is 9.80 Å². The summed E-state index contributed by atoms with van der Waals surface area (Å²) in [5, 5.41) is 0. The predicted molar refractivity (Wildman–Crippen MR) is 52.5 cm³/mol. The number of likely N-dealkylation sites (N-methyl/N-ethyl adjacent to an activating group) is 1. The number of nitrogens with two attached hydrogens (primary N) is 1. The van der Waals surface area contributed by atoms with Gasteiger partial charge in [-0.2, -0.15) is 0 Å². The number of hydrogen-bond donors (Lipinski definition) is 1. The van der Waals surface area contributed by atoms with E-state index in [-0.39, 0.29) is 18.2 Å². The first-order valence-electron chi connectivity index (χ1n) is 4.94. The molecule has 1 rings (SSSR count). The van der Waals surface area contributed by atoms with Crippen LogP contribution in [0, 0.1) is 0 Å². The van der Waals surface area contributed by atoms with Gasteiger partial charge in [0.1, 0.15) is 6.42 Å². The van der Waals surface area contributed by atoms with Gasteiger partial charge in [0.25, 0.3) is 0 Å². The molecule has 5 heteroatoms. The summed E-state index contributed by atoms with van der Waals surface area (Å²) in [6, 6.07) is 0. The van der Waals surface area contributed by atoms with Gasteiger partial charge in [0.15, 0.2) is 0 Å². The molecule has 0 saturated carbocycles. The van der Waals surface area contributed by atoms with Crippen LogP contribution >= 0.6 is 0 Å². The number of nitrogens with zero attached hydrogens (tertiary/aromatic N) is 2. The normalized spacial score (nSPS) is 18.7. The van der Waals surface area contributed by atoms with Gasteiger partial charge in [0.05, 0.1) is 0 Å². The van der Waals surface area contributed by atoms with Crippen molar-refractivity contribution in [2.75, 3.05) is 32.7 Å². The van der Waals surface area contributed by atoms with E-state index in [1.165, 1.54) is 0 Å². The molecule has 0 bridgehead atoms. The molecule has 2 N–H and O–H groups in total. The van der Waals surface area contributed by atoms with Gasteiger partial charge in [-0.05, 0) is 6.92 Å². The van der Waals surface area contributed by atoms with Crippen molar-refractivity contribution in [2.24, 2.45) is 5.73 Å². The van der Waals surface area contributed by atoms with Crippen molar-refractivity contribution in [1.29, 1.82) is 0 Å². The van der Waals surface area contributed by atoms with Gasteiger partial charge in [-0.3, -0.25) is 9.59 Å². The van der Waals surface area contributed by atoms with Gasteiger partial charge in [0.2, 0.25) is 11.8 Å². The maximum Gasteiger partial charge on any atom is 0.232 e. The van der Waals surface area contributed by atoms with E-state index in [0.717, 1.165) is 0 Å². The van der Waals surface area contributed by atoms with E-state index in [2.05, 4.69) is 0 Å². The quantitative estimate of drug-likeness (QED) is 0.594. The van der Waals surface area contributed by atoms with E-state index >= 15 is 0 Å². The minimum Gasteiger partial charge on any atom is -0.341 e. The molecule has 0 radical (unpaired) electrons. The fourth-order valence-corrected chi connectivity index (χ4v) is 1.57. The van der Waals surface area contributed by atoms with Crippen LogP contribution in [-0.4, -0.2) is 54.3 Å². The van der Waals surface area contributed by atoms with Crippen molar-refractivity contribution in [3.63, 3.8) is 0 Å². The van der Waals surface area contributed by atoms with E-state index in [1.807, 2.05) is 6.92 Å². The van der Waals surface area contributed by atoms with E-state index in [1.54, 1.807) is 9.80 Å². The van der Waals surface area contributed by atoms with Gasteiger partial charge in [0, 0.05) is 32.7 Å². The number of amides is 2. The second kappa shape index (κ2) is 4.95. The number of carbonyl (C=O) groups is 2. The molecular formula is C9H17N3O2. The number of hydrogen-bond acceptors (Lipinski definition) is 3. The Labute approximate surface area is 83.8 Å². The van der Waals surface area contributed by atoms with E-state index in [9.17, 15) is 9.59 Å². The molecule has 2 amide bonds. The lowest BCUT2D eigenvalue weighted by Gasteiger charge is -2.20. The van der Waals surface area contributed by atoms with Crippen LogP contribution in [0.5, 0.6) is 0 Å². The van der Waals surface area contributed by atoms with E-state index in [4.69, 9.17) is 5.73 Å². The van der Waals surface area contributed by atoms with Crippen LogP contribution in [0.2, 0.25) is 0 Å². The predicted octanol–water partition coefficient (Wildman–Crippen LogP) is -0.974. The average molecular weight is 199 g/mol. The summed E-state index contributed by atoms with van der Waals surface area (Å²) in [5.41, 5.74) is 5.38. The standard InChI is InChI=1S/C9H17N3O2/c1-2-11-5-6-12(4-3-10)9(14)7-8(11)13/h2-7,10H2,1H3. The average Bonchev–Trinajstić information content (AvgIpc) is 2.28. The molecule has 0 unspecified atom stereocenters. The van der Waals surface area contributed by atoms with Gasteiger partial charge in [-0.25, -0.2) is 0 Å². The smallest absolute Gasteiger partial charge is 0.232 e. The monoisotopic (exact) mass is 199 g/mol. The third-order valence-electron chi connectivity index (χ3n) is 2.43. The van der Waals surface area contributed by atoms with Crippen LogP contribution in [0.4, 0.5) is 0 Å². The lowest BCUT2D eigenvalue weighted by Crippen LogP contribution is -2.36. The molecule has 0 atom stereocenters. The zero-order chi connectivity index (χ0) is 10.6. The molecule has 0 aromatic carbocycles. The highest BCUT2D eigenvalue weighted by atomic mass is 16.2. The van der Waals surface area contributed by atoms with Crippen molar-refractivity contribution in [3.05, 3.63) is 0 Å². The largest absolute Gasteiger partial charge is 0.341 e. The second-order valence-corrected chi connectivity index (χ2v) is 3.32. The first kappa shape index (κ1) is 11.0. The third-order valence-corrected chi connectivity index (χ3v) is 2.43. The minimum atomic E-state index is -0.101.